The molecule has 0 fully saturated rings. The molecule has 8 heteroatoms. The maximum atomic E-state index is 12.3. The van der Waals surface area contributed by atoms with Gasteiger partial charge in [0.15, 0.2) is 11.5 Å². The molecule has 0 atom stereocenters. The first-order valence-corrected chi connectivity index (χ1v) is 9.13. The molecule has 8 nitrogen and oxygen atoms in total. The van der Waals surface area contributed by atoms with Crippen molar-refractivity contribution < 1.29 is 14.3 Å². The van der Waals surface area contributed by atoms with E-state index in [2.05, 4.69) is 25.6 Å². The zero-order chi connectivity index (χ0) is 20.5. The molecule has 0 aliphatic rings. The second-order valence-electron chi connectivity index (χ2n) is 6.19. The number of ether oxygens (including phenoxy) is 2. The minimum absolute atomic E-state index is 0.265. The summed E-state index contributed by atoms with van der Waals surface area (Å²) in [6, 6.07) is 9.52. The molecular formula is C21H23N5O3. The molecule has 0 unspecified atom stereocenters. The van der Waals surface area contributed by atoms with Crippen LogP contribution < -0.4 is 20.1 Å². The van der Waals surface area contributed by atoms with Gasteiger partial charge in [0.2, 0.25) is 0 Å². The Balaban J connectivity index is 1.48. The summed E-state index contributed by atoms with van der Waals surface area (Å²) in [6.45, 7) is 1.08. The Labute approximate surface area is 169 Å². The Morgan fingerprint density at radius 3 is 2.45 bits per heavy atom. The number of nitrogens with one attached hydrogen (secondary N) is 2. The summed E-state index contributed by atoms with van der Waals surface area (Å²) in [5.41, 5.74) is 2.38. The smallest absolute Gasteiger partial charge is 0.271 e. The van der Waals surface area contributed by atoms with Gasteiger partial charge in [0, 0.05) is 25.5 Å². The average molecular weight is 393 g/mol. The van der Waals surface area contributed by atoms with E-state index in [1.54, 1.807) is 32.8 Å². The molecule has 0 saturated carbocycles. The molecule has 29 heavy (non-hydrogen) atoms. The summed E-state index contributed by atoms with van der Waals surface area (Å²) in [5.74, 6) is 1.67. The molecule has 0 bridgehead atoms. The molecule has 150 valence electrons. The van der Waals surface area contributed by atoms with E-state index in [4.69, 9.17) is 9.47 Å². The molecule has 0 radical (unpaired) electrons. The highest BCUT2D eigenvalue weighted by molar-refractivity contribution is 5.92. The minimum atomic E-state index is -0.265. The second-order valence-corrected chi connectivity index (χ2v) is 6.19. The Hall–Kier alpha value is -3.68. The standard InChI is InChI=1S/C21H23N5O3/c1-28-18-4-3-15(11-19(18)29-2)7-10-23-21(27)17-13-26-20(14-24-17)25-12-16-5-8-22-9-6-16/h3-6,8-9,11,13-14H,7,10,12H2,1-2H3,(H,23,27)(H,25,26). The Kier molecular flexibility index (Phi) is 6.94. The molecule has 2 N–H and O–H groups in total. The van der Waals surface area contributed by atoms with Gasteiger partial charge in [0.1, 0.15) is 11.5 Å². The lowest BCUT2D eigenvalue weighted by Crippen LogP contribution is -2.26. The third kappa shape index (κ3) is 5.65. The van der Waals surface area contributed by atoms with Crippen LogP contribution in [-0.4, -0.2) is 41.6 Å². The van der Waals surface area contributed by atoms with Gasteiger partial charge in [-0.05, 0) is 41.8 Å². The number of carbonyl (C=O) groups is 1. The van der Waals surface area contributed by atoms with Gasteiger partial charge in [-0.2, -0.15) is 0 Å². The number of aromatic nitrogens is 3. The number of hydrogen-bond donors (Lipinski definition) is 2. The Bertz CT molecular complexity index is 933. The average Bonchev–Trinajstić information content (AvgIpc) is 2.78. The summed E-state index contributed by atoms with van der Waals surface area (Å²) >= 11 is 0. The van der Waals surface area contributed by atoms with Crippen LogP contribution in [0.2, 0.25) is 0 Å². The monoisotopic (exact) mass is 393 g/mol. The van der Waals surface area contributed by atoms with Crippen LogP contribution in [0.25, 0.3) is 0 Å². The first-order chi connectivity index (χ1) is 14.2. The highest BCUT2D eigenvalue weighted by Crippen LogP contribution is 2.27. The van der Waals surface area contributed by atoms with Gasteiger partial charge in [-0.1, -0.05) is 6.07 Å². The Morgan fingerprint density at radius 1 is 0.966 bits per heavy atom. The molecule has 3 rings (SSSR count). The summed E-state index contributed by atoms with van der Waals surface area (Å²) in [7, 11) is 3.19. The van der Waals surface area contributed by atoms with Gasteiger partial charge >= 0.3 is 0 Å². The lowest BCUT2D eigenvalue weighted by Gasteiger charge is -2.10. The molecular weight excluding hydrogens is 370 g/mol. The van der Waals surface area contributed by atoms with Gasteiger partial charge in [-0.25, -0.2) is 9.97 Å². The van der Waals surface area contributed by atoms with E-state index in [9.17, 15) is 4.79 Å². The van der Waals surface area contributed by atoms with E-state index in [0.29, 0.717) is 36.8 Å². The van der Waals surface area contributed by atoms with E-state index in [1.807, 2.05) is 30.3 Å². The van der Waals surface area contributed by atoms with Crippen molar-refractivity contribution in [3.63, 3.8) is 0 Å². The number of methoxy groups -OCH3 is 2. The van der Waals surface area contributed by atoms with Crippen molar-refractivity contribution in [2.24, 2.45) is 0 Å². The normalized spacial score (nSPS) is 10.3. The van der Waals surface area contributed by atoms with Crippen molar-refractivity contribution in [3.8, 4) is 11.5 Å². The molecule has 2 aromatic heterocycles. The van der Waals surface area contributed by atoms with Crippen molar-refractivity contribution in [1.29, 1.82) is 0 Å². The van der Waals surface area contributed by atoms with Gasteiger partial charge in [-0.3, -0.25) is 9.78 Å². The maximum absolute atomic E-state index is 12.3. The fourth-order valence-electron chi connectivity index (χ4n) is 2.68. The van der Waals surface area contributed by atoms with Crippen LogP contribution in [-0.2, 0) is 13.0 Å². The number of amides is 1. The number of rotatable bonds is 9. The third-order valence-corrected chi connectivity index (χ3v) is 4.25. The van der Waals surface area contributed by atoms with E-state index >= 15 is 0 Å². The van der Waals surface area contributed by atoms with Crippen molar-refractivity contribution in [2.75, 3.05) is 26.1 Å². The molecule has 2 heterocycles. The predicted octanol–water partition coefficient (Wildman–Crippen LogP) is 2.47. The first-order valence-electron chi connectivity index (χ1n) is 9.13. The highest BCUT2D eigenvalue weighted by Gasteiger charge is 2.09. The third-order valence-electron chi connectivity index (χ3n) is 4.25. The van der Waals surface area contributed by atoms with Gasteiger partial charge in [0.05, 0.1) is 26.6 Å². The number of nitrogens with zero attached hydrogens (tertiary/aromatic N) is 3. The fraction of sp³-hybridized carbons (Fsp3) is 0.238. The van der Waals surface area contributed by atoms with E-state index in [1.165, 1.54) is 6.20 Å². The lowest BCUT2D eigenvalue weighted by molar-refractivity contribution is 0.0949. The van der Waals surface area contributed by atoms with E-state index < -0.39 is 0 Å². The highest BCUT2D eigenvalue weighted by atomic mass is 16.5. The molecule has 3 aromatic rings. The number of hydrogen-bond acceptors (Lipinski definition) is 7. The molecule has 0 spiro atoms. The molecule has 0 aliphatic heterocycles. The largest absolute Gasteiger partial charge is 0.493 e. The van der Waals surface area contributed by atoms with Gasteiger partial charge in [-0.15, -0.1) is 0 Å². The predicted molar refractivity (Wildman–Crippen MR) is 109 cm³/mol. The summed E-state index contributed by atoms with van der Waals surface area (Å²) < 4.78 is 10.5. The van der Waals surface area contributed by atoms with Crippen LogP contribution >= 0.6 is 0 Å². The summed E-state index contributed by atoms with van der Waals surface area (Å²) in [5, 5.41) is 6.01. The fourth-order valence-corrected chi connectivity index (χ4v) is 2.68. The van der Waals surface area contributed by atoms with Gasteiger partial charge < -0.3 is 20.1 Å². The molecule has 0 aliphatic carbocycles. The Morgan fingerprint density at radius 2 is 1.76 bits per heavy atom. The van der Waals surface area contributed by atoms with Crippen molar-refractivity contribution in [1.82, 2.24) is 20.3 Å². The minimum Gasteiger partial charge on any atom is -0.493 e. The molecule has 0 saturated heterocycles. The number of carbonyl (C=O) groups excluding carboxylic acids is 1. The maximum Gasteiger partial charge on any atom is 0.271 e. The zero-order valence-corrected chi connectivity index (χ0v) is 16.4. The summed E-state index contributed by atoms with van der Waals surface area (Å²) in [4.78, 5) is 24.7. The van der Waals surface area contributed by atoms with Crippen molar-refractivity contribution in [2.45, 2.75) is 13.0 Å². The number of benzene rings is 1. The molecule has 1 aromatic carbocycles. The number of pyridine rings is 1. The van der Waals surface area contributed by atoms with Crippen LogP contribution in [0.1, 0.15) is 21.6 Å². The number of anilines is 1. The summed E-state index contributed by atoms with van der Waals surface area (Å²) in [6.07, 6.45) is 7.13. The van der Waals surface area contributed by atoms with Gasteiger partial charge in [0.25, 0.3) is 5.91 Å². The van der Waals surface area contributed by atoms with Crippen molar-refractivity contribution >= 4 is 11.7 Å². The van der Waals surface area contributed by atoms with Crippen molar-refractivity contribution in [3.05, 3.63) is 71.9 Å². The topological polar surface area (TPSA) is 98.3 Å². The lowest BCUT2D eigenvalue weighted by atomic mass is 10.1. The van der Waals surface area contributed by atoms with Crippen LogP contribution in [0.5, 0.6) is 11.5 Å². The molecule has 1 amide bonds. The van der Waals surface area contributed by atoms with E-state index in [0.717, 1.165) is 11.1 Å². The van der Waals surface area contributed by atoms with Crippen LogP contribution in [0.3, 0.4) is 0 Å². The van der Waals surface area contributed by atoms with E-state index in [-0.39, 0.29) is 11.6 Å². The zero-order valence-electron chi connectivity index (χ0n) is 16.4. The quantitative estimate of drug-likeness (QED) is 0.576. The first kappa shape index (κ1) is 20.1. The van der Waals surface area contributed by atoms with Crippen LogP contribution in [0.4, 0.5) is 5.82 Å². The SMILES string of the molecule is COc1ccc(CCNC(=O)c2cnc(NCc3ccncc3)cn2)cc1OC. The second kappa shape index (κ2) is 10.0. The van der Waals surface area contributed by atoms with Crippen LogP contribution in [0, 0.1) is 0 Å². The van der Waals surface area contributed by atoms with Crippen LogP contribution in [0.15, 0.2) is 55.1 Å².